The van der Waals surface area contributed by atoms with E-state index in [9.17, 15) is 29.4 Å². The zero-order valence-electron chi connectivity index (χ0n) is 21.9. The molecule has 0 aromatic rings. The van der Waals surface area contributed by atoms with Gasteiger partial charge in [0.05, 0.1) is 0 Å². The number of hydrogen-bond acceptors (Lipinski definition) is 8. The molecule has 0 aromatic carbocycles. The van der Waals surface area contributed by atoms with Gasteiger partial charge in [-0.2, -0.15) is 0 Å². The number of carbonyl (C=O) groups is 4. The van der Waals surface area contributed by atoms with Crippen LogP contribution in [0.1, 0.15) is 53.4 Å². The first-order chi connectivity index (χ1) is 15.5. The standard InChI is InChI=1S/2C13H19NO3.Cu/c2*1-13(2)7-10(16)12(11(17)8-13)9(15)5-6-14(3)4;/h2*5-6,15H,7-8H2,1-4H3;/b2*6-5+;. The Balaban J connectivity index is 0.000000642. The number of carbonyl (C=O) groups excluding carboxylic acids is 4. The van der Waals surface area contributed by atoms with Crippen molar-refractivity contribution in [2.24, 2.45) is 10.8 Å². The Hall–Kier alpha value is -2.64. The van der Waals surface area contributed by atoms with Crippen LogP contribution in [0.4, 0.5) is 0 Å². The molecule has 0 bridgehead atoms. The normalized spacial score (nSPS) is 19.3. The van der Waals surface area contributed by atoms with E-state index in [0.717, 1.165) is 0 Å². The number of nitrogens with zero attached hydrogens (tertiary/aromatic N) is 2. The van der Waals surface area contributed by atoms with Gasteiger partial charge in [0.2, 0.25) is 0 Å². The average molecular weight is 538 g/mol. The van der Waals surface area contributed by atoms with Gasteiger partial charge in [0.15, 0.2) is 23.1 Å². The molecule has 0 unspecified atom stereocenters. The Labute approximate surface area is 218 Å². The molecule has 2 aliphatic rings. The maximum Gasteiger partial charge on any atom is 0.170 e. The summed E-state index contributed by atoms with van der Waals surface area (Å²) in [4.78, 5) is 50.7. The van der Waals surface area contributed by atoms with Crippen molar-refractivity contribution in [1.82, 2.24) is 9.80 Å². The second-order valence-corrected chi connectivity index (χ2v) is 10.8. The molecule has 0 aliphatic heterocycles. The monoisotopic (exact) mass is 537 g/mol. The summed E-state index contributed by atoms with van der Waals surface area (Å²) in [5.74, 6) is -1.55. The predicted molar refractivity (Wildman–Crippen MR) is 131 cm³/mol. The van der Waals surface area contributed by atoms with Gasteiger partial charge in [-0.3, -0.25) is 19.2 Å². The molecule has 0 saturated heterocycles. The van der Waals surface area contributed by atoms with Crippen molar-refractivity contribution in [1.29, 1.82) is 0 Å². The first-order valence-corrected chi connectivity index (χ1v) is 11.1. The number of rotatable bonds is 4. The van der Waals surface area contributed by atoms with Crippen molar-refractivity contribution in [2.75, 3.05) is 28.2 Å². The fraction of sp³-hybridized carbons (Fsp3) is 0.538. The van der Waals surface area contributed by atoms with Crippen LogP contribution in [-0.2, 0) is 36.2 Å². The van der Waals surface area contributed by atoms with Crippen molar-refractivity contribution in [3.8, 4) is 0 Å². The Morgan fingerprint density at radius 3 is 1.06 bits per heavy atom. The summed E-state index contributed by atoms with van der Waals surface area (Å²) in [5, 5.41) is 19.5. The zero-order chi connectivity index (χ0) is 26.4. The van der Waals surface area contributed by atoms with Crippen LogP contribution >= 0.6 is 0 Å². The Morgan fingerprint density at radius 2 is 0.857 bits per heavy atom. The third-order valence-electron chi connectivity index (χ3n) is 5.25. The summed E-state index contributed by atoms with van der Waals surface area (Å²) in [6.45, 7) is 7.52. The smallest absolute Gasteiger partial charge is 0.170 e. The van der Waals surface area contributed by atoms with E-state index >= 15 is 0 Å². The summed E-state index contributed by atoms with van der Waals surface area (Å²) in [7, 11) is 7.17. The molecule has 9 heteroatoms. The third kappa shape index (κ3) is 10.2. The molecule has 0 amide bonds. The van der Waals surface area contributed by atoms with Crippen LogP contribution in [0.2, 0.25) is 0 Å². The summed E-state index contributed by atoms with van der Waals surface area (Å²) >= 11 is 0. The van der Waals surface area contributed by atoms with Crippen molar-refractivity contribution in [3.05, 3.63) is 47.2 Å². The molecular formula is C26H38CuN2O6. The third-order valence-corrected chi connectivity index (χ3v) is 5.25. The SMILES string of the molecule is CN(C)/C=C/C(O)=C1C(=O)CC(C)(C)CC1=O.CN(C)/C=C/C(O)=C1C(=O)CC(C)(C)CC1=O.[Cu]. The van der Waals surface area contributed by atoms with Crippen LogP contribution < -0.4 is 0 Å². The summed E-state index contributed by atoms with van der Waals surface area (Å²) in [6, 6.07) is 0. The molecule has 2 aliphatic carbocycles. The topological polar surface area (TPSA) is 115 Å². The van der Waals surface area contributed by atoms with Crippen molar-refractivity contribution in [3.63, 3.8) is 0 Å². The fourth-order valence-electron chi connectivity index (χ4n) is 3.71. The molecule has 2 saturated carbocycles. The van der Waals surface area contributed by atoms with E-state index in [-0.39, 0.29) is 73.7 Å². The van der Waals surface area contributed by atoms with E-state index < -0.39 is 0 Å². The van der Waals surface area contributed by atoms with E-state index in [0.29, 0.717) is 25.7 Å². The van der Waals surface area contributed by atoms with Crippen LogP contribution in [-0.4, -0.2) is 71.3 Å². The molecule has 2 N–H and O–H groups in total. The number of aliphatic hydroxyl groups excluding tert-OH is 2. The first kappa shape index (κ1) is 32.4. The van der Waals surface area contributed by atoms with Gasteiger partial charge < -0.3 is 20.0 Å². The quantitative estimate of drug-likeness (QED) is 0.241. The maximum atomic E-state index is 11.8. The van der Waals surface area contributed by atoms with E-state index in [2.05, 4.69) is 0 Å². The number of allylic oxidation sites excluding steroid dienone is 4. The molecule has 35 heavy (non-hydrogen) atoms. The van der Waals surface area contributed by atoms with E-state index in [1.165, 1.54) is 12.2 Å². The van der Waals surface area contributed by atoms with Crippen LogP contribution in [0.25, 0.3) is 0 Å². The molecule has 1 radical (unpaired) electrons. The number of aliphatic hydroxyl groups is 2. The molecule has 199 valence electrons. The Kier molecular flexibility index (Phi) is 11.9. The molecule has 0 spiro atoms. The largest absolute Gasteiger partial charge is 0.507 e. The van der Waals surface area contributed by atoms with Crippen LogP contribution in [0.5, 0.6) is 0 Å². The van der Waals surface area contributed by atoms with Gasteiger partial charge in [-0.05, 0) is 23.0 Å². The van der Waals surface area contributed by atoms with Gasteiger partial charge in [0, 0.05) is 83.3 Å². The Morgan fingerprint density at radius 1 is 0.629 bits per heavy atom. The van der Waals surface area contributed by atoms with Gasteiger partial charge in [-0.15, -0.1) is 0 Å². The second kappa shape index (κ2) is 12.9. The summed E-state index contributed by atoms with van der Waals surface area (Å²) in [6.07, 6.45) is 7.15. The number of ketones is 4. The minimum atomic E-state index is -0.302. The molecule has 2 rings (SSSR count). The van der Waals surface area contributed by atoms with Crippen molar-refractivity contribution in [2.45, 2.75) is 53.4 Å². The van der Waals surface area contributed by atoms with Crippen LogP contribution in [0, 0.1) is 10.8 Å². The molecule has 0 heterocycles. The van der Waals surface area contributed by atoms with Gasteiger partial charge in [-0.25, -0.2) is 0 Å². The number of Topliss-reactive ketones (excluding diaryl/α,β-unsaturated/α-hetero) is 4. The van der Waals surface area contributed by atoms with Gasteiger partial charge in [-0.1, -0.05) is 27.7 Å². The average Bonchev–Trinajstić information content (AvgIpc) is 2.61. The van der Waals surface area contributed by atoms with Crippen LogP contribution in [0.15, 0.2) is 47.2 Å². The summed E-state index contributed by atoms with van der Waals surface area (Å²) < 4.78 is 0. The maximum absolute atomic E-state index is 11.8. The molecule has 0 atom stereocenters. The van der Waals surface area contributed by atoms with E-state index in [4.69, 9.17) is 0 Å². The van der Waals surface area contributed by atoms with Crippen molar-refractivity contribution >= 4 is 23.1 Å². The predicted octanol–water partition coefficient (Wildman–Crippen LogP) is 3.66. The van der Waals surface area contributed by atoms with E-state index in [1.807, 2.05) is 27.7 Å². The molecule has 0 aromatic heterocycles. The molecule has 8 nitrogen and oxygen atoms in total. The second-order valence-electron chi connectivity index (χ2n) is 10.8. The minimum absolute atomic E-state index is 0. The van der Waals surface area contributed by atoms with Gasteiger partial charge in [0.1, 0.15) is 22.7 Å². The number of hydrogen-bond donors (Lipinski definition) is 2. The first-order valence-electron chi connectivity index (χ1n) is 11.1. The summed E-state index contributed by atoms with van der Waals surface area (Å²) in [5.41, 5.74) is -0.711. The van der Waals surface area contributed by atoms with Crippen molar-refractivity contribution < 1.29 is 46.5 Å². The Bertz CT molecular complexity index is 846. The fourth-order valence-corrected chi connectivity index (χ4v) is 3.71. The molecule has 2 fully saturated rings. The molecular weight excluding hydrogens is 500 g/mol. The van der Waals surface area contributed by atoms with Crippen LogP contribution in [0.3, 0.4) is 0 Å². The van der Waals surface area contributed by atoms with Gasteiger partial charge >= 0.3 is 0 Å². The van der Waals surface area contributed by atoms with E-state index in [1.54, 1.807) is 50.4 Å². The zero-order valence-corrected chi connectivity index (χ0v) is 22.8. The van der Waals surface area contributed by atoms with Gasteiger partial charge in [0.25, 0.3) is 0 Å². The minimum Gasteiger partial charge on any atom is -0.507 e.